The summed E-state index contributed by atoms with van der Waals surface area (Å²) in [4.78, 5) is 23.2. The lowest BCUT2D eigenvalue weighted by molar-refractivity contribution is -0.162. The van der Waals surface area contributed by atoms with Crippen molar-refractivity contribution in [1.82, 2.24) is 9.97 Å². The largest absolute Gasteiger partial charge is 0.478 e. The number of anilines is 2. The highest BCUT2D eigenvalue weighted by Gasteiger charge is 2.46. The second kappa shape index (κ2) is 9.59. The average molecular weight is 504 g/mol. The fourth-order valence-corrected chi connectivity index (χ4v) is 5.31. The number of carboxylic acids is 1. The molecular weight excluding hydrogens is 474 g/mol. The first kappa shape index (κ1) is 24.9. The minimum absolute atomic E-state index is 0.0634. The van der Waals surface area contributed by atoms with Gasteiger partial charge in [0.2, 0.25) is 0 Å². The number of aliphatic hydroxyl groups is 2. The van der Waals surface area contributed by atoms with Crippen LogP contribution in [0.4, 0.5) is 11.5 Å². The first-order chi connectivity index (χ1) is 17.7. The van der Waals surface area contributed by atoms with Crippen LogP contribution in [0.2, 0.25) is 0 Å². The molecule has 3 heterocycles. The van der Waals surface area contributed by atoms with Crippen LogP contribution in [0.3, 0.4) is 0 Å². The van der Waals surface area contributed by atoms with Crippen molar-refractivity contribution in [3.8, 4) is 6.07 Å². The van der Waals surface area contributed by atoms with Crippen LogP contribution >= 0.6 is 0 Å². The van der Waals surface area contributed by atoms with Crippen molar-refractivity contribution in [2.75, 3.05) is 29.9 Å². The van der Waals surface area contributed by atoms with Gasteiger partial charge >= 0.3 is 5.97 Å². The number of hydrogen-bond donors (Lipinski definition) is 4. The average Bonchev–Trinajstić information content (AvgIpc) is 3.28. The Labute approximate surface area is 214 Å². The standard InChI is InChI=1S/C27H29N5O5/c1-15-9-18(16(2)29-19-6-4-3-5-17(19)26(35)36)24-20(10-15)30-21(12-28)25(31-24)32-8-7-27(14-32)11-22(33)23(34)13-37-27/h3-6,9-10,16,22-23,29,33-34H,7-8,11,13-14H2,1-2H3,(H,35,36)/t16-,22?,23?,27?/m1/s1. The van der Waals surface area contributed by atoms with E-state index in [1.807, 2.05) is 30.9 Å². The smallest absolute Gasteiger partial charge is 0.337 e. The van der Waals surface area contributed by atoms with E-state index in [1.54, 1.807) is 24.3 Å². The van der Waals surface area contributed by atoms with Gasteiger partial charge in [0.25, 0.3) is 0 Å². The monoisotopic (exact) mass is 503 g/mol. The van der Waals surface area contributed by atoms with Gasteiger partial charge in [0.15, 0.2) is 11.5 Å². The van der Waals surface area contributed by atoms with E-state index >= 15 is 0 Å². The van der Waals surface area contributed by atoms with Crippen LogP contribution in [0.15, 0.2) is 36.4 Å². The van der Waals surface area contributed by atoms with E-state index in [0.717, 1.165) is 11.1 Å². The maximum absolute atomic E-state index is 11.7. The highest BCUT2D eigenvalue weighted by atomic mass is 16.5. The summed E-state index contributed by atoms with van der Waals surface area (Å²) >= 11 is 0. The molecule has 5 rings (SSSR count). The van der Waals surface area contributed by atoms with Gasteiger partial charge < -0.3 is 30.3 Å². The van der Waals surface area contributed by atoms with Gasteiger partial charge in [-0.15, -0.1) is 0 Å². The van der Waals surface area contributed by atoms with Crippen molar-refractivity contribution in [2.24, 2.45) is 0 Å². The summed E-state index contributed by atoms with van der Waals surface area (Å²) < 4.78 is 5.96. The van der Waals surface area contributed by atoms with Crippen LogP contribution in [0.25, 0.3) is 11.0 Å². The molecule has 1 aromatic heterocycles. The predicted molar refractivity (Wildman–Crippen MR) is 137 cm³/mol. The number of fused-ring (bicyclic) bond motifs is 1. The maximum atomic E-state index is 11.7. The number of hydrogen-bond acceptors (Lipinski definition) is 9. The predicted octanol–water partition coefficient (Wildman–Crippen LogP) is 2.77. The van der Waals surface area contributed by atoms with Crippen LogP contribution in [0, 0.1) is 18.3 Å². The Morgan fingerprint density at radius 3 is 2.78 bits per heavy atom. The minimum Gasteiger partial charge on any atom is -0.478 e. The van der Waals surface area contributed by atoms with E-state index in [1.165, 1.54) is 0 Å². The third-order valence-corrected chi connectivity index (χ3v) is 7.23. The lowest BCUT2D eigenvalue weighted by atomic mass is 9.90. The quantitative estimate of drug-likeness (QED) is 0.409. The molecule has 10 heteroatoms. The Kier molecular flexibility index (Phi) is 6.45. The molecule has 4 atom stereocenters. The number of para-hydroxylation sites is 1. The van der Waals surface area contributed by atoms with Gasteiger partial charge in [-0.1, -0.05) is 18.2 Å². The molecule has 3 unspecified atom stereocenters. The van der Waals surface area contributed by atoms with Crippen molar-refractivity contribution >= 4 is 28.5 Å². The third-order valence-electron chi connectivity index (χ3n) is 7.23. The Bertz CT molecular complexity index is 1410. The first-order valence-electron chi connectivity index (χ1n) is 12.3. The number of aryl methyl sites for hydroxylation is 1. The molecule has 0 saturated carbocycles. The normalized spacial score (nSPS) is 24.2. The summed E-state index contributed by atoms with van der Waals surface area (Å²) in [5, 5.41) is 42.9. The molecule has 0 amide bonds. The van der Waals surface area contributed by atoms with E-state index in [0.29, 0.717) is 48.5 Å². The van der Waals surface area contributed by atoms with Gasteiger partial charge in [0.1, 0.15) is 12.2 Å². The number of carboxylic acid groups (broad SMARTS) is 1. The number of rotatable bonds is 5. The van der Waals surface area contributed by atoms with Crippen LogP contribution < -0.4 is 10.2 Å². The molecule has 10 nitrogen and oxygen atoms in total. The molecule has 2 aliphatic rings. The molecule has 0 radical (unpaired) electrons. The van der Waals surface area contributed by atoms with Crippen LogP contribution in [0.5, 0.6) is 0 Å². The van der Waals surface area contributed by atoms with Crippen molar-refractivity contribution in [3.05, 3.63) is 58.8 Å². The summed E-state index contributed by atoms with van der Waals surface area (Å²) in [6, 6.07) is 12.5. The van der Waals surface area contributed by atoms with E-state index in [4.69, 9.17) is 9.72 Å². The third kappa shape index (κ3) is 4.69. The Hall–Kier alpha value is -3.78. The molecule has 2 aliphatic heterocycles. The molecule has 1 spiro atoms. The van der Waals surface area contributed by atoms with Gasteiger partial charge in [-0.2, -0.15) is 5.26 Å². The minimum atomic E-state index is -1.02. The number of carbonyl (C=O) groups is 1. The molecule has 2 saturated heterocycles. The molecular formula is C27H29N5O5. The molecule has 37 heavy (non-hydrogen) atoms. The van der Waals surface area contributed by atoms with Crippen molar-refractivity contribution in [1.29, 1.82) is 5.26 Å². The van der Waals surface area contributed by atoms with Gasteiger partial charge in [-0.05, 0) is 44.0 Å². The van der Waals surface area contributed by atoms with Gasteiger partial charge in [-0.25, -0.2) is 14.8 Å². The molecule has 2 fully saturated rings. The summed E-state index contributed by atoms with van der Waals surface area (Å²) in [5.74, 6) is -0.574. The number of aromatic carboxylic acids is 1. The summed E-state index contributed by atoms with van der Waals surface area (Å²) in [7, 11) is 0. The summed E-state index contributed by atoms with van der Waals surface area (Å²) in [6.07, 6.45) is -0.823. The van der Waals surface area contributed by atoms with E-state index < -0.39 is 23.8 Å². The highest BCUT2D eigenvalue weighted by molar-refractivity contribution is 5.94. The number of ether oxygens (including phenoxy) is 1. The second-order valence-corrected chi connectivity index (χ2v) is 9.95. The van der Waals surface area contributed by atoms with Crippen molar-refractivity contribution in [2.45, 2.75) is 50.5 Å². The second-order valence-electron chi connectivity index (χ2n) is 9.95. The van der Waals surface area contributed by atoms with E-state index in [2.05, 4.69) is 16.4 Å². The number of nitrogens with zero attached hydrogens (tertiary/aromatic N) is 4. The highest BCUT2D eigenvalue weighted by Crippen LogP contribution is 2.38. The van der Waals surface area contributed by atoms with Gasteiger partial charge in [-0.3, -0.25) is 0 Å². The Balaban J connectivity index is 1.52. The van der Waals surface area contributed by atoms with E-state index in [9.17, 15) is 25.4 Å². The number of nitrogens with one attached hydrogen (secondary N) is 1. The maximum Gasteiger partial charge on any atom is 0.337 e. The molecule has 0 aliphatic carbocycles. The fourth-order valence-electron chi connectivity index (χ4n) is 5.31. The van der Waals surface area contributed by atoms with Crippen molar-refractivity contribution < 1.29 is 24.9 Å². The van der Waals surface area contributed by atoms with Crippen molar-refractivity contribution in [3.63, 3.8) is 0 Å². The number of aromatic nitrogens is 2. The zero-order valence-electron chi connectivity index (χ0n) is 20.7. The molecule has 2 aromatic carbocycles. The van der Waals surface area contributed by atoms with Crippen LogP contribution in [-0.4, -0.2) is 68.8 Å². The molecule has 4 N–H and O–H groups in total. The fraction of sp³-hybridized carbons (Fsp3) is 0.407. The van der Waals surface area contributed by atoms with Gasteiger partial charge in [0, 0.05) is 30.8 Å². The summed E-state index contributed by atoms with van der Waals surface area (Å²) in [6.45, 7) is 4.92. The zero-order valence-corrected chi connectivity index (χ0v) is 20.7. The topological polar surface area (TPSA) is 152 Å². The number of benzene rings is 2. The Morgan fingerprint density at radius 2 is 2.05 bits per heavy atom. The first-order valence-corrected chi connectivity index (χ1v) is 12.3. The molecule has 192 valence electrons. The lowest BCUT2D eigenvalue weighted by Gasteiger charge is -2.38. The number of nitriles is 1. The Morgan fingerprint density at radius 1 is 1.27 bits per heavy atom. The number of aliphatic hydroxyl groups excluding tert-OH is 2. The van der Waals surface area contributed by atoms with Crippen LogP contribution in [-0.2, 0) is 4.74 Å². The van der Waals surface area contributed by atoms with E-state index in [-0.39, 0.29) is 23.9 Å². The molecule has 3 aromatic rings. The SMILES string of the molecule is Cc1cc([C@@H](C)Nc2ccccc2C(=O)O)c2nc(N3CCC4(CC(O)C(O)CO4)C3)c(C#N)nc2c1. The van der Waals surface area contributed by atoms with Crippen LogP contribution in [0.1, 0.15) is 53.0 Å². The molecule has 0 bridgehead atoms. The lowest BCUT2D eigenvalue weighted by Crippen LogP contribution is -2.50. The van der Waals surface area contributed by atoms with Gasteiger partial charge in [0.05, 0.1) is 41.0 Å². The zero-order chi connectivity index (χ0) is 26.3. The summed E-state index contributed by atoms with van der Waals surface area (Å²) in [5.41, 5.74) is 3.22.